The van der Waals surface area contributed by atoms with Crippen molar-refractivity contribution in [1.82, 2.24) is 0 Å². The second-order valence-corrected chi connectivity index (χ2v) is 6.49. The van der Waals surface area contributed by atoms with Crippen LogP contribution in [0.25, 0.3) is 0 Å². The third-order valence-electron chi connectivity index (χ3n) is 3.96. The first-order valence-corrected chi connectivity index (χ1v) is 7.24. The Morgan fingerprint density at radius 3 is 1.90 bits per heavy atom. The van der Waals surface area contributed by atoms with E-state index in [0.29, 0.717) is 0 Å². The standard InChI is InChI=1S/C19H25N/c1-14-12-13-18(16(3)15(14)2)20(19(4,5)6)17-10-8-7-9-11-17/h7-13H,1-6H3. The van der Waals surface area contributed by atoms with Gasteiger partial charge in [0.1, 0.15) is 0 Å². The molecule has 2 aromatic rings. The van der Waals surface area contributed by atoms with E-state index in [4.69, 9.17) is 0 Å². The van der Waals surface area contributed by atoms with Crippen molar-refractivity contribution in [3.63, 3.8) is 0 Å². The number of aryl methyl sites for hydroxylation is 1. The zero-order chi connectivity index (χ0) is 14.9. The minimum Gasteiger partial charge on any atom is -0.336 e. The maximum Gasteiger partial charge on any atom is 0.0448 e. The summed E-state index contributed by atoms with van der Waals surface area (Å²) in [5, 5.41) is 0. The maximum atomic E-state index is 2.43. The summed E-state index contributed by atoms with van der Waals surface area (Å²) in [5.41, 5.74) is 6.68. The third kappa shape index (κ3) is 2.72. The molecule has 0 saturated heterocycles. The van der Waals surface area contributed by atoms with Crippen LogP contribution in [-0.2, 0) is 0 Å². The highest BCUT2D eigenvalue weighted by atomic mass is 15.2. The van der Waals surface area contributed by atoms with Gasteiger partial charge in [0.05, 0.1) is 0 Å². The summed E-state index contributed by atoms with van der Waals surface area (Å²) in [4.78, 5) is 2.43. The first-order chi connectivity index (χ1) is 9.32. The van der Waals surface area contributed by atoms with Gasteiger partial charge in [-0.3, -0.25) is 0 Å². The Morgan fingerprint density at radius 2 is 1.35 bits per heavy atom. The number of hydrogen-bond donors (Lipinski definition) is 0. The van der Waals surface area contributed by atoms with Gasteiger partial charge in [0.25, 0.3) is 0 Å². The van der Waals surface area contributed by atoms with Crippen LogP contribution in [0, 0.1) is 20.8 Å². The lowest BCUT2D eigenvalue weighted by atomic mass is 9.97. The molecule has 0 atom stereocenters. The largest absolute Gasteiger partial charge is 0.336 e. The Balaban J connectivity index is 2.63. The normalized spacial score (nSPS) is 11.5. The number of benzene rings is 2. The molecule has 0 aliphatic rings. The molecular weight excluding hydrogens is 242 g/mol. The summed E-state index contributed by atoms with van der Waals surface area (Å²) >= 11 is 0. The van der Waals surface area contributed by atoms with Crippen LogP contribution in [-0.4, -0.2) is 5.54 Å². The predicted octanol–water partition coefficient (Wildman–Crippen LogP) is 5.55. The fourth-order valence-corrected chi connectivity index (χ4v) is 2.65. The topological polar surface area (TPSA) is 3.24 Å². The number of anilines is 2. The number of para-hydroxylation sites is 1. The molecule has 0 unspecified atom stereocenters. The highest BCUT2D eigenvalue weighted by molar-refractivity contribution is 5.70. The molecule has 1 heteroatoms. The van der Waals surface area contributed by atoms with Gasteiger partial charge in [-0.1, -0.05) is 24.3 Å². The average molecular weight is 267 g/mol. The molecule has 20 heavy (non-hydrogen) atoms. The van der Waals surface area contributed by atoms with Crippen LogP contribution in [0.4, 0.5) is 11.4 Å². The molecule has 0 N–H and O–H groups in total. The van der Waals surface area contributed by atoms with E-state index in [1.54, 1.807) is 0 Å². The average Bonchev–Trinajstić information content (AvgIpc) is 2.39. The van der Waals surface area contributed by atoms with Crippen LogP contribution in [0.1, 0.15) is 37.5 Å². The summed E-state index contributed by atoms with van der Waals surface area (Å²) < 4.78 is 0. The molecule has 0 aliphatic carbocycles. The Kier molecular flexibility index (Phi) is 3.89. The Hall–Kier alpha value is -1.76. The number of rotatable bonds is 2. The van der Waals surface area contributed by atoms with E-state index in [1.165, 1.54) is 28.1 Å². The summed E-state index contributed by atoms with van der Waals surface area (Å²) in [5.74, 6) is 0. The fraction of sp³-hybridized carbons (Fsp3) is 0.368. The van der Waals surface area contributed by atoms with Gasteiger partial charge >= 0.3 is 0 Å². The fourth-order valence-electron chi connectivity index (χ4n) is 2.65. The molecule has 0 aliphatic heterocycles. The lowest BCUT2D eigenvalue weighted by molar-refractivity contribution is 0.559. The van der Waals surface area contributed by atoms with Crippen molar-refractivity contribution in [3.05, 3.63) is 59.2 Å². The second kappa shape index (κ2) is 5.32. The zero-order valence-electron chi connectivity index (χ0n) is 13.5. The van der Waals surface area contributed by atoms with Crippen LogP contribution in [0.2, 0.25) is 0 Å². The zero-order valence-corrected chi connectivity index (χ0v) is 13.5. The summed E-state index contributed by atoms with van der Waals surface area (Å²) in [7, 11) is 0. The van der Waals surface area contributed by atoms with Crippen molar-refractivity contribution in [2.75, 3.05) is 4.90 Å². The lowest BCUT2D eigenvalue weighted by Crippen LogP contribution is -2.38. The van der Waals surface area contributed by atoms with Crippen molar-refractivity contribution in [1.29, 1.82) is 0 Å². The monoisotopic (exact) mass is 267 g/mol. The number of hydrogen-bond acceptors (Lipinski definition) is 1. The molecule has 1 nitrogen and oxygen atoms in total. The van der Waals surface area contributed by atoms with Crippen LogP contribution in [0.3, 0.4) is 0 Å². The van der Waals surface area contributed by atoms with Gasteiger partial charge in [0, 0.05) is 16.9 Å². The van der Waals surface area contributed by atoms with Gasteiger partial charge < -0.3 is 4.90 Å². The lowest BCUT2D eigenvalue weighted by Gasteiger charge is -2.39. The molecule has 106 valence electrons. The Labute approximate surface area is 123 Å². The summed E-state index contributed by atoms with van der Waals surface area (Å²) in [6.07, 6.45) is 0. The predicted molar refractivity (Wildman–Crippen MR) is 89.0 cm³/mol. The third-order valence-corrected chi connectivity index (χ3v) is 3.96. The molecule has 2 rings (SSSR count). The van der Waals surface area contributed by atoms with Crippen LogP contribution >= 0.6 is 0 Å². The number of nitrogens with zero attached hydrogens (tertiary/aromatic N) is 1. The molecule has 0 fully saturated rings. The van der Waals surface area contributed by atoms with Crippen molar-refractivity contribution in [2.24, 2.45) is 0 Å². The Morgan fingerprint density at radius 1 is 0.750 bits per heavy atom. The second-order valence-electron chi connectivity index (χ2n) is 6.49. The molecule has 0 saturated carbocycles. The van der Waals surface area contributed by atoms with E-state index in [0.717, 1.165) is 0 Å². The van der Waals surface area contributed by atoms with Crippen LogP contribution < -0.4 is 4.90 Å². The van der Waals surface area contributed by atoms with E-state index >= 15 is 0 Å². The van der Waals surface area contributed by atoms with Crippen LogP contribution in [0.15, 0.2) is 42.5 Å². The molecule has 0 aromatic heterocycles. The summed E-state index contributed by atoms with van der Waals surface area (Å²) in [6, 6.07) is 15.1. The van der Waals surface area contributed by atoms with Gasteiger partial charge in [0.2, 0.25) is 0 Å². The minimum absolute atomic E-state index is 0.0355. The molecule has 0 amide bonds. The van der Waals surface area contributed by atoms with E-state index in [2.05, 4.69) is 88.9 Å². The maximum absolute atomic E-state index is 2.43. The van der Waals surface area contributed by atoms with E-state index in [9.17, 15) is 0 Å². The first-order valence-electron chi connectivity index (χ1n) is 7.24. The van der Waals surface area contributed by atoms with Crippen LogP contribution in [0.5, 0.6) is 0 Å². The van der Waals surface area contributed by atoms with Gasteiger partial charge in [0.15, 0.2) is 0 Å². The quantitative estimate of drug-likeness (QED) is 0.689. The van der Waals surface area contributed by atoms with Crippen molar-refractivity contribution in [2.45, 2.75) is 47.1 Å². The molecule has 0 heterocycles. The van der Waals surface area contributed by atoms with E-state index in [-0.39, 0.29) is 5.54 Å². The van der Waals surface area contributed by atoms with Crippen molar-refractivity contribution in [3.8, 4) is 0 Å². The van der Waals surface area contributed by atoms with Gasteiger partial charge in [-0.15, -0.1) is 0 Å². The van der Waals surface area contributed by atoms with Crippen molar-refractivity contribution >= 4 is 11.4 Å². The highest BCUT2D eigenvalue weighted by Crippen LogP contribution is 2.36. The van der Waals surface area contributed by atoms with E-state index in [1.807, 2.05) is 0 Å². The Bertz CT molecular complexity index is 591. The van der Waals surface area contributed by atoms with Crippen molar-refractivity contribution < 1.29 is 0 Å². The molecule has 2 aromatic carbocycles. The molecule has 0 spiro atoms. The van der Waals surface area contributed by atoms with Gasteiger partial charge in [-0.05, 0) is 76.4 Å². The molecular formula is C19H25N. The SMILES string of the molecule is Cc1ccc(N(c2ccccc2)C(C)(C)C)c(C)c1C. The first kappa shape index (κ1) is 14.6. The molecule has 0 radical (unpaired) electrons. The highest BCUT2D eigenvalue weighted by Gasteiger charge is 2.25. The van der Waals surface area contributed by atoms with E-state index < -0.39 is 0 Å². The summed E-state index contributed by atoms with van der Waals surface area (Å²) in [6.45, 7) is 13.4. The minimum atomic E-state index is 0.0355. The smallest absolute Gasteiger partial charge is 0.0448 e. The van der Waals surface area contributed by atoms with Gasteiger partial charge in [-0.25, -0.2) is 0 Å². The van der Waals surface area contributed by atoms with Gasteiger partial charge in [-0.2, -0.15) is 0 Å². The molecule has 0 bridgehead atoms.